The molecule has 0 fully saturated rings. The van der Waals surface area contributed by atoms with E-state index in [9.17, 15) is 0 Å². The summed E-state index contributed by atoms with van der Waals surface area (Å²) in [6, 6.07) is 15.0. The van der Waals surface area contributed by atoms with Crippen molar-refractivity contribution in [3.05, 3.63) is 59.1 Å². The fraction of sp³-hybridized carbons (Fsp3) is 0.176. The molecule has 3 heterocycles. The van der Waals surface area contributed by atoms with Crippen LogP contribution in [0, 0.1) is 6.21 Å². The Morgan fingerprint density at radius 1 is 1.19 bits per heavy atom. The first kappa shape index (κ1) is 13.1. The van der Waals surface area contributed by atoms with Crippen LogP contribution < -0.4 is 14.5 Å². The van der Waals surface area contributed by atoms with Crippen LogP contribution in [0.15, 0.2) is 57.4 Å². The quantitative estimate of drug-likeness (QED) is 0.750. The number of nitrogens with zero attached hydrogens (tertiary/aromatic N) is 2. The summed E-state index contributed by atoms with van der Waals surface area (Å²) >= 11 is 3.68. The molecule has 2 aromatic rings. The van der Waals surface area contributed by atoms with E-state index in [-0.39, 0.29) is 0 Å². The Labute approximate surface area is 132 Å². The molecule has 0 saturated carbocycles. The normalized spacial score (nSPS) is 15.5. The topological polar surface area (TPSA) is 9.14 Å². The Morgan fingerprint density at radius 2 is 2.10 bits per heavy atom. The van der Waals surface area contributed by atoms with E-state index < -0.39 is 0 Å². The van der Waals surface area contributed by atoms with E-state index in [2.05, 4.69) is 70.5 Å². The van der Waals surface area contributed by atoms with Crippen molar-refractivity contribution in [1.82, 2.24) is 0 Å². The lowest BCUT2D eigenvalue weighted by Crippen LogP contribution is -2.36. The summed E-state index contributed by atoms with van der Waals surface area (Å²) < 4.78 is 2.25. The predicted molar refractivity (Wildman–Crippen MR) is 88.9 cm³/mol. The molecule has 0 saturated heterocycles. The maximum absolute atomic E-state index is 3.61. The summed E-state index contributed by atoms with van der Waals surface area (Å²) in [5, 5.41) is 3.61. The van der Waals surface area contributed by atoms with E-state index >= 15 is 0 Å². The molecule has 0 aliphatic carbocycles. The zero-order chi connectivity index (χ0) is 14.2. The number of para-hydroxylation sites is 1. The van der Waals surface area contributed by atoms with E-state index in [1.54, 1.807) is 11.8 Å². The molecule has 21 heavy (non-hydrogen) atoms. The van der Waals surface area contributed by atoms with Crippen LogP contribution in [0.25, 0.3) is 5.73 Å². The molecule has 0 bridgehead atoms. The van der Waals surface area contributed by atoms with Gasteiger partial charge in [-0.1, -0.05) is 23.9 Å². The summed E-state index contributed by atoms with van der Waals surface area (Å²) in [6.07, 6.45) is 2.23. The molecule has 104 valence electrons. The molecule has 2 aliphatic heterocycles. The Kier molecular flexibility index (Phi) is 3.30. The SMILES string of the molecule is CCN1C(=C=c2cccc3[n+]2=CCS3)Sc2ccccc21. The zero-order valence-electron chi connectivity index (χ0n) is 11.7. The first-order chi connectivity index (χ1) is 10.4. The van der Waals surface area contributed by atoms with Crippen molar-refractivity contribution in [2.75, 3.05) is 17.2 Å². The van der Waals surface area contributed by atoms with E-state index in [1.807, 2.05) is 11.8 Å². The average Bonchev–Trinajstić information content (AvgIpc) is 3.11. The van der Waals surface area contributed by atoms with Crippen LogP contribution in [0.3, 0.4) is 0 Å². The molecule has 0 amide bonds. The highest BCUT2D eigenvalue weighted by Crippen LogP contribution is 2.44. The molecule has 2 nitrogen and oxygen atoms in total. The van der Waals surface area contributed by atoms with Gasteiger partial charge in [-0.25, -0.2) is 0 Å². The standard InChI is InChI=1S/C17H15N2S2/c1-2-18-14-7-3-4-8-15(14)21-17(18)12-13-6-5-9-16-19(13)10-11-20-16/h3-10H,2,11H2,1H3/q+1. The third-order valence-electron chi connectivity index (χ3n) is 3.64. The first-order valence-electron chi connectivity index (χ1n) is 7.06. The second-order valence-electron chi connectivity index (χ2n) is 4.86. The van der Waals surface area contributed by atoms with Gasteiger partial charge < -0.3 is 4.90 Å². The molecule has 0 unspecified atom stereocenters. The molecule has 1 aromatic heterocycles. The summed E-state index contributed by atoms with van der Waals surface area (Å²) in [7, 11) is 0. The lowest BCUT2D eigenvalue weighted by atomic mass is 10.3. The fourth-order valence-electron chi connectivity index (χ4n) is 2.66. The Morgan fingerprint density at radius 3 is 3.00 bits per heavy atom. The third-order valence-corrected chi connectivity index (χ3v) is 5.66. The molecule has 0 radical (unpaired) electrons. The molecule has 0 spiro atoms. The van der Waals surface area contributed by atoms with Crippen LogP contribution in [0.4, 0.5) is 5.69 Å². The third kappa shape index (κ3) is 2.20. The average molecular weight is 311 g/mol. The Hall–Kier alpha value is -1.61. The highest BCUT2D eigenvalue weighted by Gasteiger charge is 2.23. The van der Waals surface area contributed by atoms with Gasteiger partial charge in [-0.15, -0.1) is 0 Å². The molecule has 1 aromatic carbocycles. The fourth-order valence-corrected chi connectivity index (χ4v) is 4.67. The van der Waals surface area contributed by atoms with Gasteiger partial charge in [0.25, 0.3) is 5.35 Å². The van der Waals surface area contributed by atoms with Gasteiger partial charge in [0.15, 0.2) is 6.21 Å². The molecular formula is C17H15N2S2+. The number of thioether (sulfide) groups is 2. The molecule has 4 rings (SSSR count). The number of aromatic nitrogens is 1. The van der Waals surface area contributed by atoms with E-state index in [4.69, 9.17) is 0 Å². The second-order valence-corrected chi connectivity index (χ2v) is 6.93. The van der Waals surface area contributed by atoms with Crippen LogP contribution in [-0.4, -0.2) is 12.3 Å². The lowest BCUT2D eigenvalue weighted by Gasteiger charge is -2.15. The Bertz CT molecular complexity index is 867. The second kappa shape index (κ2) is 5.30. The largest absolute Gasteiger partial charge is 0.329 e. The number of fused-ring (bicyclic) bond motifs is 2. The van der Waals surface area contributed by atoms with Crippen molar-refractivity contribution in [1.29, 1.82) is 0 Å². The summed E-state index contributed by atoms with van der Waals surface area (Å²) in [6.45, 7) is 3.15. The van der Waals surface area contributed by atoms with Crippen LogP contribution in [-0.2, 0) is 0 Å². The van der Waals surface area contributed by atoms with Gasteiger partial charge in [-0.05, 0) is 42.6 Å². The van der Waals surface area contributed by atoms with Gasteiger partial charge >= 0.3 is 0 Å². The van der Waals surface area contributed by atoms with Crippen molar-refractivity contribution in [3.8, 4) is 0 Å². The van der Waals surface area contributed by atoms with Crippen LogP contribution in [0.2, 0.25) is 0 Å². The number of hydrogen-bond acceptors (Lipinski definition) is 3. The van der Waals surface area contributed by atoms with Crippen molar-refractivity contribution < 1.29 is 4.24 Å². The van der Waals surface area contributed by atoms with E-state index in [0.29, 0.717) is 0 Å². The lowest BCUT2D eigenvalue weighted by molar-refractivity contribution is -0.562. The summed E-state index contributed by atoms with van der Waals surface area (Å²) in [4.78, 5) is 3.65. The Balaban J connectivity index is 1.96. The number of pyridine rings is 1. The maximum Gasteiger partial charge on any atom is 0.257 e. The van der Waals surface area contributed by atoms with Crippen LogP contribution >= 0.6 is 23.5 Å². The maximum atomic E-state index is 3.61. The van der Waals surface area contributed by atoms with Gasteiger partial charge in [0.2, 0.25) is 5.03 Å². The minimum absolute atomic E-state index is 0.963. The van der Waals surface area contributed by atoms with Gasteiger partial charge in [0.1, 0.15) is 5.03 Å². The highest BCUT2D eigenvalue weighted by molar-refractivity contribution is 8.03. The predicted octanol–water partition coefficient (Wildman–Crippen LogP) is 2.94. The zero-order valence-corrected chi connectivity index (χ0v) is 13.4. The monoisotopic (exact) mass is 311 g/mol. The van der Waals surface area contributed by atoms with Crippen LogP contribution in [0.1, 0.15) is 6.92 Å². The van der Waals surface area contributed by atoms with Gasteiger partial charge in [0.05, 0.1) is 11.4 Å². The number of hydrogen-bond donors (Lipinski definition) is 0. The number of benzene rings is 1. The summed E-state index contributed by atoms with van der Waals surface area (Å²) in [5.74, 6) is 1.04. The van der Waals surface area contributed by atoms with E-state index in [0.717, 1.165) is 17.6 Å². The van der Waals surface area contributed by atoms with Crippen molar-refractivity contribution >= 4 is 34.9 Å². The highest BCUT2D eigenvalue weighted by atomic mass is 32.2. The van der Waals surface area contributed by atoms with Crippen molar-refractivity contribution in [2.45, 2.75) is 16.8 Å². The molecule has 0 atom stereocenters. The number of anilines is 1. The smallest absolute Gasteiger partial charge is 0.257 e. The molecular weight excluding hydrogens is 296 g/mol. The minimum atomic E-state index is 0.963. The summed E-state index contributed by atoms with van der Waals surface area (Å²) in [5.41, 5.74) is 4.91. The molecule has 4 heteroatoms. The molecule has 2 aliphatic rings. The van der Waals surface area contributed by atoms with E-state index in [1.165, 1.54) is 20.6 Å². The minimum Gasteiger partial charge on any atom is -0.329 e. The van der Waals surface area contributed by atoms with Crippen LogP contribution in [0.5, 0.6) is 0 Å². The van der Waals surface area contributed by atoms with Gasteiger partial charge in [-0.3, -0.25) is 0 Å². The van der Waals surface area contributed by atoms with Gasteiger partial charge in [-0.2, -0.15) is 4.24 Å². The van der Waals surface area contributed by atoms with Gasteiger partial charge in [0, 0.05) is 23.6 Å². The van der Waals surface area contributed by atoms with Crippen molar-refractivity contribution in [2.24, 2.45) is 0 Å². The molecule has 0 N–H and O–H groups in total. The first-order valence-corrected chi connectivity index (χ1v) is 8.86. The van der Waals surface area contributed by atoms with Crippen molar-refractivity contribution in [3.63, 3.8) is 0 Å². The number of rotatable bonds is 1.